The first-order valence-electron chi connectivity index (χ1n) is 7.08. The molecule has 22 heavy (non-hydrogen) atoms. The average molecular weight is 319 g/mol. The lowest BCUT2D eigenvalue weighted by Crippen LogP contribution is -2.24. The molecule has 0 bridgehead atoms. The quantitative estimate of drug-likeness (QED) is 0.920. The number of rotatable bonds is 5. The van der Waals surface area contributed by atoms with E-state index in [9.17, 15) is 4.79 Å². The molecule has 2 aromatic rings. The average Bonchev–Trinajstić information content (AvgIpc) is 2.94. The van der Waals surface area contributed by atoms with Crippen molar-refractivity contribution in [1.29, 1.82) is 0 Å². The maximum atomic E-state index is 12.1. The third kappa shape index (κ3) is 4.35. The molecule has 0 saturated carbocycles. The Morgan fingerprint density at radius 1 is 1.32 bits per heavy atom. The summed E-state index contributed by atoms with van der Waals surface area (Å²) in [5, 5.41) is 5.79. The zero-order valence-electron chi connectivity index (χ0n) is 13.3. The smallest absolute Gasteiger partial charge is 0.270 e. The Morgan fingerprint density at radius 2 is 2.09 bits per heavy atom. The summed E-state index contributed by atoms with van der Waals surface area (Å²) in [6, 6.07) is 5.32. The van der Waals surface area contributed by atoms with Crippen molar-refractivity contribution in [2.24, 2.45) is 0 Å². The molecule has 0 fully saturated rings. The number of pyridine rings is 1. The van der Waals surface area contributed by atoms with Crippen LogP contribution in [0.5, 0.6) is 0 Å². The minimum atomic E-state index is -0.203. The molecule has 2 heterocycles. The summed E-state index contributed by atoms with van der Waals surface area (Å²) in [7, 11) is 1.60. The second-order valence-electron chi connectivity index (χ2n) is 6.01. The maximum Gasteiger partial charge on any atom is 0.270 e. The molecule has 5 nitrogen and oxygen atoms in total. The van der Waals surface area contributed by atoms with Gasteiger partial charge in [-0.2, -0.15) is 0 Å². The Labute approximate surface area is 134 Å². The number of nitrogens with one attached hydrogen (secondary N) is 1. The number of aromatic nitrogens is 2. The van der Waals surface area contributed by atoms with E-state index in [0.29, 0.717) is 18.8 Å². The van der Waals surface area contributed by atoms with Crippen LogP contribution < -0.4 is 5.32 Å². The van der Waals surface area contributed by atoms with Crippen molar-refractivity contribution in [2.45, 2.75) is 39.3 Å². The predicted molar refractivity (Wildman–Crippen MR) is 86.9 cm³/mol. The van der Waals surface area contributed by atoms with E-state index in [1.165, 1.54) is 0 Å². The first-order valence-corrected chi connectivity index (χ1v) is 7.96. The summed E-state index contributed by atoms with van der Waals surface area (Å²) in [6.07, 6.45) is 0. The lowest BCUT2D eigenvalue weighted by molar-refractivity contribution is 0.0945. The molecule has 1 N–H and O–H groups in total. The van der Waals surface area contributed by atoms with Crippen molar-refractivity contribution < 1.29 is 9.53 Å². The number of hydrogen-bond donors (Lipinski definition) is 1. The largest absolute Gasteiger partial charge is 0.378 e. The van der Waals surface area contributed by atoms with Gasteiger partial charge in [0.05, 0.1) is 24.5 Å². The highest BCUT2D eigenvalue weighted by atomic mass is 32.1. The number of ether oxygens (including phenoxy) is 1. The van der Waals surface area contributed by atoms with E-state index in [1.54, 1.807) is 30.6 Å². The maximum absolute atomic E-state index is 12.1. The highest BCUT2D eigenvalue weighted by molar-refractivity contribution is 7.09. The number of amides is 1. The van der Waals surface area contributed by atoms with Gasteiger partial charge in [0.2, 0.25) is 0 Å². The van der Waals surface area contributed by atoms with Crippen molar-refractivity contribution in [3.8, 4) is 0 Å². The van der Waals surface area contributed by atoms with E-state index in [-0.39, 0.29) is 11.3 Å². The molecule has 0 aliphatic carbocycles. The van der Waals surface area contributed by atoms with Crippen LogP contribution in [-0.2, 0) is 23.3 Å². The molecule has 2 rings (SSSR count). The number of carbonyl (C=O) groups is 1. The standard InChI is InChI=1S/C16H21N3O2S/c1-16(2,3)13-10-22-14(19-13)8-17-15(20)12-7-5-6-11(18-12)9-21-4/h5-7,10H,8-9H2,1-4H3,(H,17,20). The molecule has 118 valence electrons. The normalized spacial score (nSPS) is 11.5. The Balaban J connectivity index is 1.98. The van der Waals surface area contributed by atoms with Gasteiger partial charge in [-0.1, -0.05) is 26.8 Å². The van der Waals surface area contributed by atoms with Crippen LogP contribution in [0.3, 0.4) is 0 Å². The fourth-order valence-electron chi connectivity index (χ4n) is 1.82. The summed E-state index contributed by atoms with van der Waals surface area (Å²) >= 11 is 1.56. The van der Waals surface area contributed by atoms with Crippen molar-refractivity contribution in [3.05, 3.63) is 45.7 Å². The van der Waals surface area contributed by atoms with Crippen molar-refractivity contribution in [2.75, 3.05) is 7.11 Å². The van der Waals surface area contributed by atoms with Crippen LogP contribution in [-0.4, -0.2) is 23.0 Å². The molecule has 6 heteroatoms. The molecule has 2 aromatic heterocycles. The minimum absolute atomic E-state index is 0.0226. The fraction of sp³-hybridized carbons (Fsp3) is 0.438. The Kier molecular flexibility index (Phi) is 5.26. The topological polar surface area (TPSA) is 64.1 Å². The lowest BCUT2D eigenvalue weighted by Gasteiger charge is -2.14. The van der Waals surface area contributed by atoms with Gasteiger partial charge >= 0.3 is 0 Å². The first-order chi connectivity index (χ1) is 10.4. The van der Waals surface area contributed by atoms with Crippen LogP contribution in [0.15, 0.2) is 23.6 Å². The van der Waals surface area contributed by atoms with E-state index < -0.39 is 0 Å². The third-order valence-electron chi connectivity index (χ3n) is 3.05. The fourth-order valence-corrected chi connectivity index (χ4v) is 2.78. The second-order valence-corrected chi connectivity index (χ2v) is 6.95. The number of hydrogen-bond acceptors (Lipinski definition) is 5. The molecule has 0 saturated heterocycles. The van der Waals surface area contributed by atoms with Gasteiger partial charge in [-0.3, -0.25) is 4.79 Å². The van der Waals surface area contributed by atoms with Gasteiger partial charge in [0.1, 0.15) is 10.7 Å². The van der Waals surface area contributed by atoms with Crippen LogP contribution in [0, 0.1) is 0 Å². The van der Waals surface area contributed by atoms with Gasteiger partial charge in [-0.15, -0.1) is 11.3 Å². The number of nitrogens with zero attached hydrogens (tertiary/aromatic N) is 2. The van der Waals surface area contributed by atoms with Crippen LogP contribution in [0.2, 0.25) is 0 Å². The molecule has 0 spiro atoms. The first kappa shape index (κ1) is 16.6. The zero-order chi connectivity index (χ0) is 16.2. The highest BCUT2D eigenvalue weighted by Crippen LogP contribution is 2.23. The van der Waals surface area contributed by atoms with Gasteiger partial charge in [-0.25, -0.2) is 9.97 Å². The molecular formula is C16H21N3O2S. The van der Waals surface area contributed by atoms with Crippen LogP contribution in [0.4, 0.5) is 0 Å². The molecule has 0 unspecified atom stereocenters. The van der Waals surface area contributed by atoms with E-state index in [0.717, 1.165) is 16.4 Å². The predicted octanol–water partition coefficient (Wildman–Crippen LogP) is 2.91. The summed E-state index contributed by atoms with van der Waals surface area (Å²) in [5.41, 5.74) is 2.19. The molecule has 0 aliphatic heterocycles. The lowest BCUT2D eigenvalue weighted by atomic mass is 9.93. The highest BCUT2D eigenvalue weighted by Gasteiger charge is 2.17. The van der Waals surface area contributed by atoms with Crippen molar-refractivity contribution in [1.82, 2.24) is 15.3 Å². The molecule has 0 radical (unpaired) electrons. The van der Waals surface area contributed by atoms with Gasteiger partial charge in [-0.05, 0) is 12.1 Å². The Morgan fingerprint density at radius 3 is 2.73 bits per heavy atom. The number of thiazole rings is 1. The van der Waals surface area contributed by atoms with E-state index >= 15 is 0 Å². The van der Waals surface area contributed by atoms with E-state index in [4.69, 9.17) is 4.74 Å². The SMILES string of the molecule is COCc1cccc(C(=O)NCc2nc(C(C)(C)C)cs2)n1. The Hall–Kier alpha value is -1.79. The van der Waals surface area contributed by atoms with Gasteiger partial charge in [0.15, 0.2) is 0 Å². The van der Waals surface area contributed by atoms with Crippen LogP contribution >= 0.6 is 11.3 Å². The van der Waals surface area contributed by atoms with Gasteiger partial charge in [0, 0.05) is 17.9 Å². The Bertz CT molecular complexity index is 647. The monoisotopic (exact) mass is 319 g/mol. The van der Waals surface area contributed by atoms with Crippen LogP contribution in [0.1, 0.15) is 47.7 Å². The van der Waals surface area contributed by atoms with Crippen LogP contribution in [0.25, 0.3) is 0 Å². The van der Waals surface area contributed by atoms with E-state index in [2.05, 4.69) is 36.1 Å². The van der Waals surface area contributed by atoms with E-state index in [1.807, 2.05) is 11.4 Å². The second kappa shape index (κ2) is 6.98. The summed E-state index contributed by atoms with van der Waals surface area (Å²) in [4.78, 5) is 21.0. The minimum Gasteiger partial charge on any atom is -0.378 e. The summed E-state index contributed by atoms with van der Waals surface area (Å²) < 4.78 is 5.02. The number of methoxy groups -OCH3 is 1. The molecular weight excluding hydrogens is 298 g/mol. The zero-order valence-corrected chi connectivity index (χ0v) is 14.2. The van der Waals surface area contributed by atoms with Gasteiger partial charge in [0.25, 0.3) is 5.91 Å². The summed E-state index contributed by atoms with van der Waals surface area (Å²) in [5.74, 6) is -0.203. The van der Waals surface area contributed by atoms with Crippen molar-refractivity contribution >= 4 is 17.2 Å². The van der Waals surface area contributed by atoms with Crippen molar-refractivity contribution in [3.63, 3.8) is 0 Å². The molecule has 0 aliphatic rings. The molecule has 1 amide bonds. The third-order valence-corrected chi connectivity index (χ3v) is 3.90. The molecule has 0 aromatic carbocycles. The van der Waals surface area contributed by atoms with Gasteiger partial charge < -0.3 is 10.1 Å². The summed E-state index contributed by atoms with van der Waals surface area (Å²) in [6.45, 7) is 7.17. The molecule has 0 atom stereocenters. The number of carbonyl (C=O) groups excluding carboxylic acids is 1.